The van der Waals surface area contributed by atoms with Gasteiger partial charge in [-0.1, -0.05) is 39.0 Å². The minimum absolute atomic E-state index is 0.0393. The lowest BCUT2D eigenvalue weighted by Crippen LogP contribution is -2.43. The molecule has 2 rings (SSSR count). The minimum Gasteiger partial charge on any atom is -0.337 e. The van der Waals surface area contributed by atoms with Gasteiger partial charge in [-0.05, 0) is 18.4 Å². The van der Waals surface area contributed by atoms with Crippen molar-refractivity contribution >= 4 is 16.7 Å². The van der Waals surface area contributed by atoms with Crippen molar-refractivity contribution < 1.29 is 4.79 Å². The third kappa shape index (κ3) is 2.82. The molecular weight excluding hydrogens is 266 g/mol. The Labute approximate surface area is 124 Å². The number of amides is 1. The molecule has 1 aromatic carbocycles. The summed E-state index contributed by atoms with van der Waals surface area (Å²) in [6, 6.07) is 7.05. The first-order valence-corrected chi connectivity index (χ1v) is 6.98. The van der Waals surface area contributed by atoms with Crippen LogP contribution in [0, 0.1) is 5.41 Å². The van der Waals surface area contributed by atoms with Crippen molar-refractivity contribution in [2.24, 2.45) is 5.41 Å². The molecule has 0 aliphatic rings. The summed E-state index contributed by atoms with van der Waals surface area (Å²) in [7, 11) is 1.76. The number of nitrogens with zero attached hydrogens (tertiary/aromatic N) is 2. The topological polar surface area (TPSA) is 66.1 Å². The van der Waals surface area contributed by atoms with Crippen molar-refractivity contribution in [3.63, 3.8) is 0 Å². The van der Waals surface area contributed by atoms with Gasteiger partial charge in [-0.3, -0.25) is 9.59 Å². The Kier molecular flexibility index (Phi) is 3.85. The maximum Gasteiger partial charge on any atom is 0.274 e. The average Bonchev–Trinajstić information content (AvgIpc) is 2.45. The first-order chi connectivity index (χ1) is 9.73. The number of nitrogens with one attached hydrogen (secondary N) is 1. The molecule has 1 amide bonds. The number of H-pyrrole nitrogens is 1. The van der Waals surface area contributed by atoms with Crippen LogP contribution in [0.1, 0.15) is 38.2 Å². The summed E-state index contributed by atoms with van der Waals surface area (Å²) in [5, 5.41) is 7.43. The van der Waals surface area contributed by atoms with Crippen LogP contribution in [-0.4, -0.2) is 34.1 Å². The highest BCUT2D eigenvalue weighted by molar-refractivity contribution is 6.04. The molecule has 0 aliphatic carbocycles. The molecule has 0 saturated heterocycles. The molecule has 0 radical (unpaired) electrons. The van der Waals surface area contributed by atoms with Gasteiger partial charge in [-0.15, -0.1) is 0 Å². The smallest absolute Gasteiger partial charge is 0.274 e. The molecule has 5 nitrogen and oxygen atoms in total. The number of hydrogen-bond acceptors (Lipinski definition) is 3. The van der Waals surface area contributed by atoms with Gasteiger partial charge in [-0.2, -0.15) is 5.10 Å². The van der Waals surface area contributed by atoms with Crippen molar-refractivity contribution in [1.29, 1.82) is 0 Å². The average molecular weight is 287 g/mol. The van der Waals surface area contributed by atoms with E-state index < -0.39 is 0 Å². The second kappa shape index (κ2) is 5.31. The van der Waals surface area contributed by atoms with E-state index in [1.165, 1.54) is 0 Å². The van der Waals surface area contributed by atoms with Crippen molar-refractivity contribution in [1.82, 2.24) is 15.1 Å². The van der Waals surface area contributed by atoms with Crippen LogP contribution in [0.4, 0.5) is 0 Å². The number of carbonyl (C=O) groups is 1. The van der Waals surface area contributed by atoms with E-state index in [9.17, 15) is 9.59 Å². The van der Waals surface area contributed by atoms with Gasteiger partial charge in [0.2, 0.25) is 0 Å². The monoisotopic (exact) mass is 287 g/mol. The van der Waals surface area contributed by atoms with E-state index >= 15 is 0 Å². The summed E-state index contributed by atoms with van der Waals surface area (Å²) in [6.45, 7) is 8.26. The summed E-state index contributed by atoms with van der Waals surface area (Å²) in [5.41, 5.74) is -0.0416. The summed E-state index contributed by atoms with van der Waals surface area (Å²) < 4.78 is 0. The third-order valence-electron chi connectivity index (χ3n) is 4.05. The van der Waals surface area contributed by atoms with E-state index in [1.54, 1.807) is 36.2 Å². The zero-order chi connectivity index (χ0) is 15.8. The van der Waals surface area contributed by atoms with Crippen LogP contribution in [0.3, 0.4) is 0 Å². The molecule has 5 heteroatoms. The van der Waals surface area contributed by atoms with Gasteiger partial charge < -0.3 is 4.90 Å². The number of carbonyl (C=O) groups excluding carboxylic acids is 1. The number of fused-ring (bicyclic) bond motifs is 1. The number of hydrogen-bond donors (Lipinski definition) is 1. The highest BCUT2D eigenvalue weighted by Crippen LogP contribution is 2.24. The lowest BCUT2D eigenvalue weighted by Gasteiger charge is -2.35. The SMILES string of the molecule is CC(N(C)C(=O)c1n[nH]c(=O)c2ccccc12)C(C)(C)C. The molecule has 1 aromatic heterocycles. The van der Waals surface area contributed by atoms with E-state index in [2.05, 4.69) is 31.0 Å². The Hall–Kier alpha value is -2.17. The summed E-state index contributed by atoms with van der Waals surface area (Å²) in [5.74, 6) is -0.190. The largest absolute Gasteiger partial charge is 0.337 e. The van der Waals surface area contributed by atoms with Crippen LogP contribution >= 0.6 is 0 Å². The fourth-order valence-corrected chi connectivity index (χ4v) is 2.20. The van der Waals surface area contributed by atoms with Crippen molar-refractivity contribution in [3.8, 4) is 0 Å². The van der Waals surface area contributed by atoms with Crippen LogP contribution in [0.15, 0.2) is 29.1 Å². The minimum atomic E-state index is -0.284. The summed E-state index contributed by atoms with van der Waals surface area (Å²) in [4.78, 5) is 26.1. The quantitative estimate of drug-likeness (QED) is 0.922. The van der Waals surface area contributed by atoms with Gasteiger partial charge in [0.25, 0.3) is 11.5 Å². The summed E-state index contributed by atoms with van der Waals surface area (Å²) >= 11 is 0. The van der Waals surface area contributed by atoms with Gasteiger partial charge >= 0.3 is 0 Å². The second-order valence-corrected chi connectivity index (χ2v) is 6.40. The third-order valence-corrected chi connectivity index (χ3v) is 4.05. The Bertz CT molecular complexity index is 728. The summed E-state index contributed by atoms with van der Waals surface area (Å²) in [6.07, 6.45) is 0. The lowest BCUT2D eigenvalue weighted by atomic mass is 9.87. The zero-order valence-electron chi connectivity index (χ0n) is 13.1. The van der Waals surface area contributed by atoms with Crippen molar-refractivity contribution in [2.45, 2.75) is 33.7 Å². The zero-order valence-corrected chi connectivity index (χ0v) is 13.1. The van der Waals surface area contributed by atoms with E-state index in [1.807, 2.05) is 6.92 Å². The molecule has 1 unspecified atom stereocenters. The van der Waals surface area contributed by atoms with Crippen LogP contribution in [0.2, 0.25) is 0 Å². The molecule has 21 heavy (non-hydrogen) atoms. The molecule has 1 atom stereocenters. The molecule has 0 aliphatic heterocycles. The number of aromatic nitrogens is 2. The normalized spacial score (nSPS) is 13.2. The van der Waals surface area contributed by atoms with Crippen molar-refractivity contribution in [3.05, 3.63) is 40.3 Å². The molecule has 112 valence electrons. The number of aromatic amines is 1. The number of benzene rings is 1. The maximum absolute atomic E-state index is 12.7. The first-order valence-electron chi connectivity index (χ1n) is 6.98. The predicted molar refractivity (Wildman–Crippen MR) is 83.4 cm³/mol. The van der Waals surface area contributed by atoms with E-state index in [0.29, 0.717) is 10.8 Å². The maximum atomic E-state index is 12.7. The van der Waals surface area contributed by atoms with Crippen LogP contribution in [-0.2, 0) is 0 Å². The van der Waals surface area contributed by atoms with Gasteiger partial charge in [0, 0.05) is 18.5 Å². The number of rotatable bonds is 2. The van der Waals surface area contributed by atoms with Crippen LogP contribution in [0.25, 0.3) is 10.8 Å². The highest BCUT2D eigenvalue weighted by Gasteiger charge is 2.29. The lowest BCUT2D eigenvalue weighted by molar-refractivity contribution is 0.0624. The van der Waals surface area contributed by atoms with Gasteiger partial charge in [0.15, 0.2) is 5.69 Å². The van der Waals surface area contributed by atoms with Gasteiger partial charge in [0.1, 0.15) is 0 Å². The molecule has 0 fully saturated rings. The van der Waals surface area contributed by atoms with Crippen LogP contribution < -0.4 is 5.56 Å². The predicted octanol–water partition coefficient (Wildman–Crippen LogP) is 2.43. The fraction of sp³-hybridized carbons (Fsp3) is 0.438. The Balaban J connectivity index is 2.50. The van der Waals surface area contributed by atoms with Gasteiger partial charge in [0.05, 0.1) is 5.39 Å². The van der Waals surface area contributed by atoms with E-state index in [4.69, 9.17) is 0 Å². The first kappa shape index (κ1) is 15.2. The Morgan fingerprint density at radius 1 is 1.24 bits per heavy atom. The Morgan fingerprint density at radius 3 is 2.38 bits per heavy atom. The molecule has 0 saturated carbocycles. The standard InChI is InChI=1S/C16H21N3O2/c1-10(16(2,3)4)19(5)15(21)13-11-8-6-7-9-12(11)14(20)18-17-13/h6-10H,1-5H3,(H,18,20). The van der Waals surface area contributed by atoms with Crippen molar-refractivity contribution in [2.75, 3.05) is 7.05 Å². The van der Waals surface area contributed by atoms with E-state index in [-0.39, 0.29) is 28.6 Å². The van der Waals surface area contributed by atoms with Gasteiger partial charge in [-0.25, -0.2) is 5.10 Å². The molecule has 1 N–H and O–H groups in total. The van der Waals surface area contributed by atoms with Crippen LogP contribution in [0.5, 0.6) is 0 Å². The Morgan fingerprint density at radius 2 is 1.81 bits per heavy atom. The highest BCUT2D eigenvalue weighted by atomic mass is 16.2. The van der Waals surface area contributed by atoms with E-state index in [0.717, 1.165) is 0 Å². The second-order valence-electron chi connectivity index (χ2n) is 6.40. The molecule has 1 heterocycles. The molecule has 0 bridgehead atoms. The molecule has 0 spiro atoms. The fourth-order valence-electron chi connectivity index (χ4n) is 2.20. The molecular formula is C16H21N3O2. The molecule has 2 aromatic rings.